The molecule has 0 amide bonds. The molecule has 0 saturated heterocycles. The number of H-pyrrole nitrogens is 1. The lowest BCUT2D eigenvalue weighted by atomic mass is 10.4. The number of ether oxygens (including phenoxy) is 1. The standard InChI is InChI=1S/C13H12N2O2S3/c16-12(17-10-4-3-8-15-13(10)18)6-9-19-20-11-5-1-2-7-14-11/h1-5,7-8H,6,9H2,(H,15,18). The highest BCUT2D eigenvalue weighted by molar-refractivity contribution is 8.76. The SMILES string of the molecule is O=C(CCSSc1ccccn1)Oc1ccc[nH]c1=S. The molecule has 0 aliphatic heterocycles. The molecule has 0 bridgehead atoms. The van der Waals surface area contributed by atoms with E-state index in [2.05, 4.69) is 9.97 Å². The molecule has 0 spiro atoms. The molecule has 0 unspecified atom stereocenters. The molecule has 4 nitrogen and oxygen atoms in total. The van der Waals surface area contributed by atoms with Gasteiger partial charge in [0, 0.05) is 18.1 Å². The summed E-state index contributed by atoms with van der Waals surface area (Å²) in [6, 6.07) is 9.15. The predicted octanol–water partition coefficient (Wildman–Crippen LogP) is 3.88. The lowest BCUT2D eigenvalue weighted by Gasteiger charge is -2.03. The Labute approximate surface area is 129 Å². The zero-order valence-corrected chi connectivity index (χ0v) is 12.9. The summed E-state index contributed by atoms with van der Waals surface area (Å²) in [4.78, 5) is 18.7. The Hall–Kier alpha value is -1.31. The van der Waals surface area contributed by atoms with Crippen LogP contribution in [0.1, 0.15) is 6.42 Å². The molecule has 1 N–H and O–H groups in total. The average Bonchev–Trinajstić information content (AvgIpc) is 2.47. The Morgan fingerprint density at radius 3 is 3.00 bits per heavy atom. The number of hydrogen-bond donors (Lipinski definition) is 1. The molecule has 0 fully saturated rings. The van der Waals surface area contributed by atoms with Crippen molar-refractivity contribution in [3.8, 4) is 5.75 Å². The molecular weight excluding hydrogens is 312 g/mol. The van der Waals surface area contributed by atoms with Gasteiger partial charge in [0.25, 0.3) is 0 Å². The quantitative estimate of drug-likeness (QED) is 0.377. The van der Waals surface area contributed by atoms with E-state index in [0.29, 0.717) is 22.6 Å². The highest BCUT2D eigenvalue weighted by Crippen LogP contribution is 2.29. The summed E-state index contributed by atoms with van der Waals surface area (Å²) in [5, 5.41) is 0.927. The van der Waals surface area contributed by atoms with Gasteiger partial charge in [0.2, 0.25) is 0 Å². The van der Waals surface area contributed by atoms with Crippen molar-refractivity contribution in [2.45, 2.75) is 11.4 Å². The van der Waals surface area contributed by atoms with E-state index in [0.717, 1.165) is 5.03 Å². The van der Waals surface area contributed by atoms with Crippen molar-refractivity contribution in [2.75, 3.05) is 5.75 Å². The zero-order chi connectivity index (χ0) is 14.2. The maximum absolute atomic E-state index is 11.7. The van der Waals surface area contributed by atoms with Crippen LogP contribution in [0.25, 0.3) is 0 Å². The first-order valence-corrected chi connectivity index (χ1v) is 8.57. The van der Waals surface area contributed by atoms with E-state index in [-0.39, 0.29) is 5.97 Å². The normalized spacial score (nSPS) is 10.2. The summed E-state index contributed by atoms with van der Waals surface area (Å²) in [5.41, 5.74) is 0. The maximum atomic E-state index is 11.7. The smallest absolute Gasteiger partial charge is 0.312 e. The average molecular weight is 324 g/mol. The number of rotatable bonds is 6. The number of carbonyl (C=O) groups is 1. The van der Waals surface area contributed by atoms with E-state index < -0.39 is 0 Å². The van der Waals surface area contributed by atoms with E-state index in [9.17, 15) is 4.79 Å². The maximum Gasteiger partial charge on any atom is 0.312 e. The van der Waals surface area contributed by atoms with Crippen LogP contribution in [0, 0.1) is 4.64 Å². The van der Waals surface area contributed by atoms with Crippen LogP contribution in [-0.4, -0.2) is 21.7 Å². The van der Waals surface area contributed by atoms with Gasteiger partial charge in [-0.05, 0) is 35.1 Å². The minimum atomic E-state index is -0.287. The third-order valence-corrected chi connectivity index (χ3v) is 4.76. The summed E-state index contributed by atoms with van der Waals surface area (Å²) in [5.74, 6) is 0.767. The van der Waals surface area contributed by atoms with Crippen molar-refractivity contribution in [2.24, 2.45) is 0 Å². The van der Waals surface area contributed by atoms with Crippen LogP contribution >= 0.6 is 33.8 Å². The molecule has 2 aromatic rings. The monoisotopic (exact) mass is 324 g/mol. The molecular formula is C13H12N2O2S3. The number of pyridine rings is 2. The summed E-state index contributed by atoms with van der Waals surface area (Å²) in [6.45, 7) is 0. The second kappa shape index (κ2) is 8.08. The molecule has 20 heavy (non-hydrogen) atoms. The molecule has 0 atom stereocenters. The van der Waals surface area contributed by atoms with Crippen molar-refractivity contribution < 1.29 is 9.53 Å². The fraction of sp³-hybridized carbons (Fsp3) is 0.154. The van der Waals surface area contributed by atoms with Gasteiger partial charge in [-0.3, -0.25) is 4.79 Å². The van der Waals surface area contributed by atoms with Gasteiger partial charge in [-0.1, -0.05) is 29.1 Å². The van der Waals surface area contributed by atoms with E-state index in [4.69, 9.17) is 17.0 Å². The first-order valence-electron chi connectivity index (χ1n) is 5.84. The van der Waals surface area contributed by atoms with Gasteiger partial charge in [0.15, 0.2) is 5.75 Å². The lowest BCUT2D eigenvalue weighted by molar-refractivity contribution is -0.133. The van der Waals surface area contributed by atoms with Crippen molar-refractivity contribution >= 4 is 39.8 Å². The number of nitrogens with one attached hydrogen (secondary N) is 1. The second-order valence-corrected chi connectivity index (χ2v) is 6.51. The van der Waals surface area contributed by atoms with Crippen LogP contribution in [0.3, 0.4) is 0 Å². The van der Waals surface area contributed by atoms with Crippen molar-refractivity contribution in [3.63, 3.8) is 0 Å². The van der Waals surface area contributed by atoms with E-state index >= 15 is 0 Å². The zero-order valence-electron chi connectivity index (χ0n) is 10.4. The Morgan fingerprint density at radius 1 is 1.35 bits per heavy atom. The molecule has 0 saturated carbocycles. The van der Waals surface area contributed by atoms with Crippen LogP contribution in [0.2, 0.25) is 0 Å². The van der Waals surface area contributed by atoms with Crippen LogP contribution < -0.4 is 4.74 Å². The second-order valence-electron chi connectivity index (χ2n) is 3.66. The summed E-state index contributed by atoms with van der Waals surface area (Å²) >= 11 is 5.02. The number of esters is 1. The predicted molar refractivity (Wildman–Crippen MR) is 84.4 cm³/mol. The molecule has 2 heterocycles. The number of aromatic nitrogens is 2. The fourth-order valence-electron chi connectivity index (χ4n) is 1.28. The molecule has 104 valence electrons. The summed E-state index contributed by atoms with van der Waals surface area (Å²) in [7, 11) is 3.11. The van der Waals surface area contributed by atoms with Gasteiger partial charge in [0.05, 0.1) is 6.42 Å². The third kappa shape index (κ3) is 4.99. The highest BCUT2D eigenvalue weighted by atomic mass is 33.1. The molecule has 7 heteroatoms. The Morgan fingerprint density at radius 2 is 2.25 bits per heavy atom. The molecule has 0 radical (unpaired) electrons. The summed E-state index contributed by atoms with van der Waals surface area (Å²) < 4.78 is 5.61. The van der Waals surface area contributed by atoms with Crippen molar-refractivity contribution in [1.29, 1.82) is 0 Å². The molecule has 0 aromatic carbocycles. The van der Waals surface area contributed by atoms with Crippen LogP contribution in [-0.2, 0) is 4.79 Å². The molecule has 2 aromatic heterocycles. The van der Waals surface area contributed by atoms with Gasteiger partial charge in [-0.25, -0.2) is 4.98 Å². The first-order chi connectivity index (χ1) is 9.75. The summed E-state index contributed by atoms with van der Waals surface area (Å²) in [6.07, 6.45) is 3.77. The fourth-order valence-corrected chi connectivity index (χ4v) is 3.31. The highest BCUT2D eigenvalue weighted by Gasteiger charge is 2.06. The first kappa shape index (κ1) is 15.1. The third-order valence-electron chi connectivity index (χ3n) is 2.18. The Balaban J connectivity index is 1.71. The van der Waals surface area contributed by atoms with Crippen LogP contribution in [0.5, 0.6) is 5.75 Å². The van der Waals surface area contributed by atoms with Crippen LogP contribution in [0.4, 0.5) is 0 Å². The number of aromatic amines is 1. The van der Waals surface area contributed by atoms with E-state index in [1.807, 2.05) is 18.2 Å². The lowest BCUT2D eigenvalue weighted by Crippen LogP contribution is -2.09. The van der Waals surface area contributed by atoms with Gasteiger partial charge < -0.3 is 9.72 Å². The minimum absolute atomic E-state index is 0.287. The number of carbonyl (C=O) groups excluding carboxylic acids is 1. The largest absolute Gasteiger partial charge is 0.423 e. The topological polar surface area (TPSA) is 55.0 Å². The van der Waals surface area contributed by atoms with Gasteiger partial charge in [-0.2, -0.15) is 0 Å². The Bertz CT molecular complexity index is 616. The van der Waals surface area contributed by atoms with Crippen molar-refractivity contribution in [3.05, 3.63) is 47.4 Å². The van der Waals surface area contributed by atoms with Gasteiger partial charge >= 0.3 is 5.97 Å². The number of nitrogens with zero attached hydrogens (tertiary/aromatic N) is 1. The Kier molecular flexibility index (Phi) is 6.10. The van der Waals surface area contributed by atoms with Gasteiger partial charge in [0.1, 0.15) is 9.67 Å². The number of hydrogen-bond acceptors (Lipinski definition) is 6. The molecule has 0 aliphatic carbocycles. The molecule has 2 rings (SSSR count). The minimum Gasteiger partial charge on any atom is -0.423 e. The van der Waals surface area contributed by atoms with E-state index in [1.54, 1.807) is 46.1 Å². The van der Waals surface area contributed by atoms with Gasteiger partial charge in [-0.15, -0.1) is 0 Å². The van der Waals surface area contributed by atoms with Crippen LogP contribution in [0.15, 0.2) is 47.8 Å². The molecule has 0 aliphatic rings. The van der Waals surface area contributed by atoms with E-state index in [1.165, 1.54) is 0 Å². The van der Waals surface area contributed by atoms with Crippen molar-refractivity contribution in [1.82, 2.24) is 9.97 Å².